The van der Waals surface area contributed by atoms with Crippen LogP contribution >= 0.6 is 0 Å². The molecule has 0 bridgehead atoms. The molecule has 2 amide bonds. The number of hydrogen-bond acceptors (Lipinski definition) is 6. The van der Waals surface area contributed by atoms with Gasteiger partial charge in [-0.25, -0.2) is 9.48 Å². The van der Waals surface area contributed by atoms with Crippen molar-refractivity contribution in [3.63, 3.8) is 0 Å². The van der Waals surface area contributed by atoms with E-state index in [1.807, 2.05) is 27.8 Å². The van der Waals surface area contributed by atoms with Gasteiger partial charge in [-0.05, 0) is 37.3 Å². The molecule has 0 radical (unpaired) electrons. The minimum atomic E-state index is -0.332. The molecular weight excluding hydrogens is 348 g/mol. The third kappa shape index (κ3) is 3.89. The Bertz CT molecular complexity index is 948. The molecule has 27 heavy (non-hydrogen) atoms. The van der Waals surface area contributed by atoms with Gasteiger partial charge in [0.25, 0.3) is 0 Å². The fourth-order valence-electron chi connectivity index (χ4n) is 3.04. The van der Waals surface area contributed by atoms with Gasteiger partial charge in [0.2, 0.25) is 0 Å². The lowest BCUT2D eigenvalue weighted by Crippen LogP contribution is -2.31. The van der Waals surface area contributed by atoms with E-state index in [4.69, 9.17) is 4.74 Å². The summed E-state index contributed by atoms with van der Waals surface area (Å²) in [7, 11) is 3.44. The molecule has 0 saturated carbocycles. The van der Waals surface area contributed by atoms with Crippen LogP contribution in [0.2, 0.25) is 0 Å². The van der Waals surface area contributed by atoms with Crippen molar-refractivity contribution in [1.82, 2.24) is 35.3 Å². The number of anilines is 1. The number of rotatable bonds is 5. The number of carbonyl (C=O) groups is 1. The fourth-order valence-corrected chi connectivity index (χ4v) is 3.04. The van der Waals surface area contributed by atoms with Crippen molar-refractivity contribution in [3.05, 3.63) is 41.5 Å². The monoisotopic (exact) mass is 370 g/mol. The van der Waals surface area contributed by atoms with E-state index in [2.05, 4.69) is 31.3 Å². The zero-order valence-electron chi connectivity index (χ0n) is 15.9. The quantitative estimate of drug-likeness (QED) is 0.709. The maximum absolute atomic E-state index is 12.5. The molecule has 3 rings (SSSR count). The van der Waals surface area contributed by atoms with Gasteiger partial charge >= 0.3 is 6.03 Å². The standard InChI is InChI=1S/C17H22N8O2/c1-10(16-11(2)21-24(4)12(16)3)19-17(26)20-13-6-14(8-15(7-13)27-5)25-9-18-22-23-25/h6-10H,1-5H3,(H2,19,20,26)/t10-/m0/s1. The van der Waals surface area contributed by atoms with E-state index in [0.29, 0.717) is 17.1 Å². The summed E-state index contributed by atoms with van der Waals surface area (Å²) >= 11 is 0. The normalized spacial score (nSPS) is 11.9. The number of urea groups is 1. The number of carbonyl (C=O) groups excluding carboxylic acids is 1. The van der Waals surface area contributed by atoms with E-state index in [9.17, 15) is 4.79 Å². The molecule has 0 aliphatic heterocycles. The molecule has 0 saturated heterocycles. The van der Waals surface area contributed by atoms with Gasteiger partial charge < -0.3 is 15.4 Å². The summed E-state index contributed by atoms with van der Waals surface area (Å²) in [5.41, 5.74) is 4.14. The van der Waals surface area contributed by atoms with Gasteiger partial charge in [0.1, 0.15) is 12.1 Å². The number of methoxy groups -OCH3 is 1. The molecule has 0 spiro atoms. The number of nitrogens with zero attached hydrogens (tertiary/aromatic N) is 6. The Balaban J connectivity index is 1.76. The summed E-state index contributed by atoms with van der Waals surface area (Å²) in [6.07, 6.45) is 1.47. The molecule has 0 fully saturated rings. The summed E-state index contributed by atoms with van der Waals surface area (Å²) < 4.78 is 8.58. The van der Waals surface area contributed by atoms with Crippen molar-refractivity contribution in [2.45, 2.75) is 26.8 Å². The Morgan fingerprint density at radius 3 is 2.63 bits per heavy atom. The first-order valence-electron chi connectivity index (χ1n) is 8.39. The highest BCUT2D eigenvalue weighted by Crippen LogP contribution is 2.24. The van der Waals surface area contributed by atoms with E-state index in [0.717, 1.165) is 17.0 Å². The average molecular weight is 370 g/mol. The second-order valence-electron chi connectivity index (χ2n) is 6.20. The zero-order chi connectivity index (χ0) is 19.6. The van der Waals surface area contributed by atoms with E-state index in [1.165, 1.54) is 11.0 Å². The van der Waals surface area contributed by atoms with E-state index in [-0.39, 0.29) is 12.1 Å². The molecule has 2 N–H and O–H groups in total. The minimum absolute atomic E-state index is 0.191. The first kappa shape index (κ1) is 18.4. The van der Waals surface area contributed by atoms with Crippen LogP contribution in [0.4, 0.5) is 10.5 Å². The Labute approximate surface area is 156 Å². The van der Waals surface area contributed by atoms with Gasteiger partial charge in [-0.3, -0.25) is 4.68 Å². The van der Waals surface area contributed by atoms with Crippen LogP contribution in [0.3, 0.4) is 0 Å². The van der Waals surface area contributed by atoms with Crippen molar-refractivity contribution < 1.29 is 9.53 Å². The largest absolute Gasteiger partial charge is 0.497 e. The maximum Gasteiger partial charge on any atom is 0.319 e. The SMILES string of the molecule is COc1cc(NC(=O)N[C@@H](C)c2c(C)nn(C)c2C)cc(-n2cnnn2)c1. The van der Waals surface area contributed by atoms with Crippen LogP contribution in [0.1, 0.15) is 29.9 Å². The third-order valence-corrected chi connectivity index (χ3v) is 4.34. The van der Waals surface area contributed by atoms with Crippen molar-refractivity contribution in [2.75, 3.05) is 12.4 Å². The topological polar surface area (TPSA) is 112 Å². The lowest BCUT2D eigenvalue weighted by Gasteiger charge is -2.16. The van der Waals surface area contributed by atoms with Gasteiger partial charge in [0.05, 0.1) is 24.5 Å². The molecule has 1 atom stereocenters. The van der Waals surface area contributed by atoms with Crippen LogP contribution in [0, 0.1) is 13.8 Å². The Morgan fingerprint density at radius 1 is 1.26 bits per heavy atom. The molecule has 142 valence electrons. The van der Waals surface area contributed by atoms with Gasteiger partial charge in [-0.15, -0.1) is 5.10 Å². The number of aromatic nitrogens is 6. The summed E-state index contributed by atoms with van der Waals surface area (Å²) in [5, 5.41) is 21.3. The number of hydrogen-bond donors (Lipinski definition) is 2. The Kier molecular flexibility index (Phi) is 5.06. The van der Waals surface area contributed by atoms with Gasteiger partial charge in [0, 0.05) is 36.1 Å². The highest BCUT2D eigenvalue weighted by molar-refractivity contribution is 5.90. The summed E-state index contributed by atoms with van der Waals surface area (Å²) in [6.45, 7) is 5.83. The molecule has 10 heteroatoms. The molecule has 1 aromatic carbocycles. The molecule has 0 unspecified atom stereocenters. The summed E-state index contributed by atoms with van der Waals surface area (Å²) in [6, 6.07) is 4.72. The van der Waals surface area contributed by atoms with E-state index in [1.54, 1.807) is 30.0 Å². The van der Waals surface area contributed by atoms with Gasteiger partial charge in [0.15, 0.2) is 0 Å². The molecule has 10 nitrogen and oxygen atoms in total. The van der Waals surface area contributed by atoms with Crippen molar-refractivity contribution >= 4 is 11.7 Å². The first-order valence-corrected chi connectivity index (χ1v) is 8.39. The van der Waals surface area contributed by atoms with Crippen LogP contribution in [-0.4, -0.2) is 43.1 Å². The number of aryl methyl sites for hydroxylation is 2. The third-order valence-electron chi connectivity index (χ3n) is 4.34. The predicted molar refractivity (Wildman–Crippen MR) is 99.0 cm³/mol. The minimum Gasteiger partial charge on any atom is -0.497 e. The Morgan fingerprint density at radius 2 is 2.04 bits per heavy atom. The maximum atomic E-state index is 12.5. The predicted octanol–water partition coefficient (Wildman–Crippen LogP) is 1.90. The number of tetrazole rings is 1. The molecular formula is C17H22N8O2. The molecule has 2 aromatic heterocycles. The van der Waals surface area contributed by atoms with E-state index < -0.39 is 0 Å². The molecule has 0 aliphatic rings. The number of ether oxygens (including phenoxy) is 1. The van der Waals surface area contributed by atoms with Crippen LogP contribution in [0.5, 0.6) is 5.75 Å². The first-order chi connectivity index (χ1) is 12.9. The number of nitrogens with one attached hydrogen (secondary N) is 2. The summed E-state index contributed by atoms with van der Waals surface area (Å²) in [5.74, 6) is 0.574. The molecule has 3 aromatic rings. The number of amides is 2. The van der Waals surface area contributed by atoms with Crippen LogP contribution in [-0.2, 0) is 7.05 Å². The lowest BCUT2D eigenvalue weighted by atomic mass is 10.1. The van der Waals surface area contributed by atoms with Crippen molar-refractivity contribution in [3.8, 4) is 11.4 Å². The van der Waals surface area contributed by atoms with Gasteiger partial charge in [-0.1, -0.05) is 0 Å². The molecule has 2 heterocycles. The van der Waals surface area contributed by atoms with Crippen LogP contribution in [0.15, 0.2) is 24.5 Å². The van der Waals surface area contributed by atoms with Crippen LogP contribution < -0.4 is 15.4 Å². The number of benzene rings is 1. The zero-order valence-corrected chi connectivity index (χ0v) is 15.9. The fraction of sp³-hybridized carbons (Fsp3) is 0.353. The molecule has 0 aliphatic carbocycles. The average Bonchev–Trinajstić information content (AvgIpc) is 3.23. The highest BCUT2D eigenvalue weighted by atomic mass is 16.5. The van der Waals surface area contributed by atoms with Crippen molar-refractivity contribution in [2.24, 2.45) is 7.05 Å². The van der Waals surface area contributed by atoms with Crippen LogP contribution in [0.25, 0.3) is 5.69 Å². The second-order valence-corrected chi connectivity index (χ2v) is 6.20. The van der Waals surface area contributed by atoms with Crippen molar-refractivity contribution in [1.29, 1.82) is 0 Å². The van der Waals surface area contributed by atoms with Gasteiger partial charge in [-0.2, -0.15) is 5.10 Å². The highest BCUT2D eigenvalue weighted by Gasteiger charge is 2.18. The smallest absolute Gasteiger partial charge is 0.319 e. The Hall–Kier alpha value is -3.43. The summed E-state index contributed by atoms with van der Waals surface area (Å²) in [4.78, 5) is 12.5. The lowest BCUT2D eigenvalue weighted by molar-refractivity contribution is 0.249. The van der Waals surface area contributed by atoms with E-state index >= 15 is 0 Å². The second kappa shape index (κ2) is 7.44.